The Balaban J connectivity index is 2.28. The van der Waals surface area contributed by atoms with Crippen LogP contribution in [0.5, 0.6) is 5.75 Å². The highest BCUT2D eigenvalue weighted by Gasteiger charge is 2.36. The maximum absolute atomic E-state index is 13.6. The molecule has 0 aromatic heterocycles. The number of halogens is 1. The largest absolute Gasteiger partial charge is 0.495 e. The second kappa shape index (κ2) is 8.14. The van der Waals surface area contributed by atoms with Crippen LogP contribution in [0, 0.1) is 11.7 Å². The van der Waals surface area contributed by atoms with Crippen molar-refractivity contribution in [3.63, 3.8) is 0 Å². The Hall–Kier alpha value is -1.67. The van der Waals surface area contributed by atoms with Gasteiger partial charge in [0.15, 0.2) is 0 Å². The van der Waals surface area contributed by atoms with E-state index in [0.717, 1.165) is 12.1 Å². The number of sulfonamides is 1. The number of piperidine rings is 1. The first kappa shape index (κ1) is 19.7. The maximum atomic E-state index is 13.6. The summed E-state index contributed by atoms with van der Waals surface area (Å²) in [6.45, 7) is 5.40. The fourth-order valence-corrected chi connectivity index (χ4v) is 4.84. The van der Waals surface area contributed by atoms with Crippen molar-refractivity contribution < 1.29 is 22.3 Å². The van der Waals surface area contributed by atoms with Crippen molar-refractivity contribution in [1.29, 1.82) is 0 Å². The zero-order valence-corrected chi connectivity index (χ0v) is 15.7. The van der Waals surface area contributed by atoms with Crippen LogP contribution in [-0.4, -0.2) is 56.8 Å². The van der Waals surface area contributed by atoms with E-state index in [4.69, 9.17) is 4.74 Å². The van der Waals surface area contributed by atoms with Gasteiger partial charge in [-0.1, -0.05) is 0 Å². The number of hydrogen-bond acceptors (Lipinski definition) is 4. The molecule has 1 unspecified atom stereocenters. The summed E-state index contributed by atoms with van der Waals surface area (Å²) in [4.78, 5) is 14.1. The van der Waals surface area contributed by atoms with Crippen LogP contribution in [0.4, 0.5) is 4.39 Å². The third-order valence-electron chi connectivity index (χ3n) is 4.55. The van der Waals surface area contributed by atoms with Gasteiger partial charge in [-0.15, -0.1) is 0 Å². The van der Waals surface area contributed by atoms with Gasteiger partial charge in [0, 0.05) is 26.2 Å². The lowest BCUT2D eigenvalue weighted by Gasteiger charge is -2.34. The van der Waals surface area contributed by atoms with Crippen molar-refractivity contribution >= 4 is 15.9 Å². The molecule has 0 radical (unpaired) electrons. The minimum absolute atomic E-state index is 0.0314. The van der Waals surface area contributed by atoms with Crippen LogP contribution < -0.4 is 4.74 Å². The SMILES string of the molecule is CCN(CC)C(=O)C1CCCN(S(=O)(=O)c2cc(F)ccc2OC)C1. The van der Waals surface area contributed by atoms with Crippen LogP contribution in [0.15, 0.2) is 23.1 Å². The Labute approximate surface area is 148 Å². The van der Waals surface area contributed by atoms with Gasteiger partial charge in [-0.2, -0.15) is 4.31 Å². The van der Waals surface area contributed by atoms with Gasteiger partial charge in [-0.25, -0.2) is 12.8 Å². The predicted molar refractivity (Wildman–Crippen MR) is 92.4 cm³/mol. The minimum Gasteiger partial charge on any atom is -0.495 e. The van der Waals surface area contributed by atoms with Crippen LogP contribution >= 0.6 is 0 Å². The molecular formula is C17H25FN2O4S. The highest BCUT2D eigenvalue weighted by molar-refractivity contribution is 7.89. The fourth-order valence-electron chi connectivity index (χ4n) is 3.15. The molecule has 8 heteroatoms. The smallest absolute Gasteiger partial charge is 0.246 e. The van der Waals surface area contributed by atoms with Gasteiger partial charge in [0.2, 0.25) is 15.9 Å². The molecule has 1 heterocycles. The van der Waals surface area contributed by atoms with Crippen molar-refractivity contribution in [2.24, 2.45) is 5.92 Å². The zero-order chi connectivity index (χ0) is 18.6. The summed E-state index contributed by atoms with van der Waals surface area (Å²) in [7, 11) is -2.59. The highest BCUT2D eigenvalue weighted by atomic mass is 32.2. The zero-order valence-electron chi connectivity index (χ0n) is 14.9. The monoisotopic (exact) mass is 372 g/mol. The second-order valence-corrected chi connectivity index (χ2v) is 7.91. The standard InChI is InChI=1S/C17H25FN2O4S/c1-4-19(5-2)17(21)13-7-6-10-20(12-13)25(22,23)16-11-14(18)8-9-15(16)24-3/h8-9,11,13H,4-7,10,12H2,1-3H3. The van der Waals surface area contributed by atoms with E-state index >= 15 is 0 Å². The molecule has 1 aliphatic rings. The van der Waals surface area contributed by atoms with E-state index in [0.29, 0.717) is 32.5 Å². The molecule has 1 saturated heterocycles. The van der Waals surface area contributed by atoms with Crippen molar-refractivity contribution in [2.75, 3.05) is 33.3 Å². The molecule has 0 spiro atoms. The number of amides is 1. The Kier molecular flexibility index (Phi) is 6.40. The lowest BCUT2D eigenvalue weighted by Crippen LogP contribution is -2.46. The van der Waals surface area contributed by atoms with E-state index in [1.54, 1.807) is 4.90 Å². The summed E-state index contributed by atoms with van der Waals surface area (Å²) in [5, 5.41) is 0. The average Bonchev–Trinajstić information content (AvgIpc) is 2.62. The lowest BCUT2D eigenvalue weighted by atomic mass is 9.98. The summed E-state index contributed by atoms with van der Waals surface area (Å²) in [6.07, 6.45) is 1.25. The average molecular weight is 372 g/mol. The van der Waals surface area contributed by atoms with Gasteiger partial charge >= 0.3 is 0 Å². The second-order valence-electron chi connectivity index (χ2n) is 6.01. The molecule has 1 amide bonds. The Morgan fingerprint density at radius 2 is 2.04 bits per heavy atom. The fraction of sp³-hybridized carbons (Fsp3) is 0.588. The molecule has 1 atom stereocenters. The van der Waals surface area contributed by atoms with E-state index < -0.39 is 15.8 Å². The molecule has 1 aromatic carbocycles. The van der Waals surface area contributed by atoms with Crippen molar-refractivity contribution in [3.8, 4) is 5.75 Å². The van der Waals surface area contributed by atoms with Gasteiger partial charge in [0.25, 0.3) is 0 Å². The molecule has 0 N–H and O–H groups in total. The normalized spacial score (nSPS) is 18.8. The van der Waals surface area contributed by atoms with Gasteiger partial charge in [0.1, 0.15) is 16.5 Å². The van der Waals surface area contributed by atoms with Crippen molar-refractivity contribution in [2.45, 2.75) is 31.6 Å². The third kappa shape index (κ3) is 4.12. The van der Waals surface area contributed by atoms with E-state index in [2.05, 4.69) is 0 Å². The predicted octanol–water partition coefficient (Wildman–Crippen LogP) is 2.10. The molecule has 0 aliphatic carbocycles. The lowest BCUT2D eigenvalue weighted by molar-refractivity contribution is -0.136. The first-order valence-corrected chi connectivity index (χ1v) is 9.91. The molecule has 1 aliphatic heterocycles. The van der Waals surface area contributed by atoms with Crippen LogP contribution in [-0.2, 0) is 14.8 Å². The summed E-state index contributed by atoms with van der Waals surface area (Å²) >= 11 is 0. The number of nitrogens with zero attached hydrogens (tertiary/aromatic N) is 2. The molecule has 140 valence electrons. The molecule has 6 nitrogen and oxygen atoms in total. The number of rotatable bonds is 6. The number of benzene rings is 1. The first-order chi connectivity index (χ1) is 11.8. The first-order valence-electron chi connectivity index (χ1n) is 8.47. The van der Waals surface area contributed by atoms with E-state index in [9.17, 15) is 17.6 Å². The van der Waals surface area contributed by atoms with Gasteiger partial charge in [0.05, 0.1) is 13.0 Å². The van der Waals surface area contributed by atoms with Crippen LogP contribution in [0.25, 0.3) is 0 Å². The van der Waals surface area contributed by atoms with Crippen LogP contribution in [0.1, 0.15) is 26.7 Å². The number of carbonyl (C=O) groups excluding carboxylic acids is 1. The molecule has 25 heavy (non-hydrogen) atoms. The van der Waals surface area contributed by atoms with Gasteiger partial charge in [-0.05, 0) is 44.9 Å². The maximum Gasteiger partial charge on any atom is 0.246 e. The topological polar surface area (TPSA) is 66.9 Å². The summed E-state index contributed by atoms with van der Waals surface area (Å²) in [6, 6.07) is 3.41. The van der Waals surface area contributed by atoms with E-state index in [1.165, 1.54) is 17.5 Å². The number of hydrogen-bond donors (Lipinski definition) is 0. The number of methoxy groups -OCH3 is 1. The Bertz CT molecular complexity index is 719. The molecule has 0 saturated carbocycles. The van der Waals surface area contributed by atoms with Crippen LogP contribution in [0.3, 0.4) is 0 Å². The van der Waals surface area contributed by atoms with Gasteiger partial charge < -0.3 is 9.64 Å². The Morgan fingerprint density at radius 3 is 2.64 bits per heavy atom. The molecular weight excluding hydrogens is 347 g/mol. The molecule has 1 aromatic rings. The van der Waals surface area contributed by atoms with Crippen LogP contribution in [0.2, 0.25) is 0 Å². The molecule has 1 fully saturated rings. The summed E-state index contributed by atoms with van der Waals surface area (Å²) in [5.74, 6) is -0.954. The van der Waals surface area contributed by atoms with E-state index in [-0.39, 0.29) is 29.0 Å². The number of carbonyl (C=O) groups is 1. The van der Waals surface area contributed by atoms with Crippen molar-refractivity contribution in [3.05, 3.63) is 24.0 Å². The van der Waals surface area contributed by atoms with Crippen molar-refractivity contribution in [1.82, 2.24) is 9.21 Å². The van der Waals surface area contributed by atoms with E-state index in [1.807, 2.05) is 13.8 Å². The molecule has 0 bridgehead atoms. The molecule has 2 rings (SSSR count). The highest BCUT2D eigenvalue weighted by Crippen LogP contribution is 2.30. The quantitative estimate of drug-likeness (QED) is 0.767. The Morgan fingerprint density at radius 1 is 1.36 bits per heavy atom. The number of ether oxygens (including phenoxy) is 1. The third-order valence-corrected chi connectivity index (χ3v) is 6.44. The summed E-state index contributed by atoms with van der Waals surface area (Å²) < 4.78 is 45.8. The summed E-state index contributed by atoms with van der Waals surface area (Å²) in [5.41, 5.74) is 0. The van der Waals surface area contributed by atoms with Gasteiger partial charge in [-0.3, -0.25) is 4.79 Å². The minimum atomic E-state index is -3.94.